The van der Waals surface area contributed by atoms with E-state index in [0.29, 0.717) is 18.0 Å². The molecule has 1 aromatic heterocycles. The number of anilines is 1. The fraction of sp³-hybridized carbons (Fsp3) is 0.800. The fourth-order valence-corrected chi connectivity index (χ4v) is 1.44. The average Bonchev–Trinajstić information content (AvgIpc) is 2.60. The summed E-state index contributed by atoms with van der Waals surface area (Å²) >= 11 is 0. The summed E-state index contributed by atoms with van der Waals surface area (Å²) in [5.41, 5.74) is 0. The molecule has 4 heteroatoms. The molecule has 1 N–H and O–H groups in total. The van der Waals surface area contributed by atoms with Gasteiger partial charge in [0.15, 0.2) is 5.82 Å². The van der Waals surface area contributed by atoms with Crippen LogP contribution in [0.4, 0.5) is 6.01 Å². The Hall–Kier alpha value is -1.06. The lowest BCUT2D eigenvalue weighted by Crippen LogP contribution is -2.03. The third kappa shape index (κ3) is 2.25. The Morgan fingerprint density at radius 1 is 1.57 bits per heavy atom. The molecule has 0 amide bonds. The molecule has 1 saturated carbocycles. The van der Waals surface area contributed by atoms with Crippen molar-refractivity contribution in [2.24, 2.45) is 11.8 Å². The van der Waals surface area contributed by atoms with Crippen LogP contribution in [0.15, 0.2) is 4.52 Å². The minimum absolute atomic E-state index is 0.544. The topological polar surface area (TPSA) is 51.0 Å². The smallest absolute Gasteiger partial charge is 0.321 e. The second-order valence-corrected chi connectivity index (χ2v) is 4.58. The predicted octanol–water partition coefficient (Wildman–Crippen LogP) is 2.09. The highest BCUT2D eigenvalue weighted by atomic mass is 16.5. The van der Waals surface area contributed by atoms with Gasteiger partial charge >= 0.3 is 6.01 Å². The first-order valence-electron chi connectivity index (χ1n) is 5.24. The van der Waals surface area contributed by atoms with Crippen LogP contribution in [0.2, 0.25) is 0 Å². The summed E-state index contributed by atoms with van der Waals surface area (Å²) in [4.78, 5) is 4.28. The monoisotopic (exact) mass is 195 g/mol. The van der Waals surface area contributed by atoms with E-state index < -0.39 is 0 Å². The quantitative estimate of drug-likeness (QED) is 0.799. The standard InChI is InChI=1S/C10H17N3O/c1-6(2)4-9-12-10(14-13-9)11-8-5-7(8)3/h6-8H,4-5H2,1-3H3,(H,11,12,13). The van der Waals surface area contributed by atoms with Crippen LogP contribution in [0.5, 0.6) is 0 Å². The molecule has 1 aliphatic carbocycles. The van der Waals surface area contributed by atoms with Crippen molar-refractivity contribution >= 4 is 6.01 Å². The van der Waals surface area contributed by atoms with Gasteiger partial charge in [-0.3, -0.25) is 0 Å². The van der Waals surface area contributed by atoms with Crippen LogP contribution < -0.4 is 5.32 Å². The molecule has 1 heterocycles. The van der Waals surface area contributed by atoms with Crippen molar-refractivity contribution in [3.63, 3.8) is 0 Å². The van der Waals surface area contributed by atoms with Crippen molar-refractivity contribution in [2.75, 3.05) is 5.32 Å². The zero-order chi connectivity index (χ0) is 10.1. The lowest BCUT2D eigenvalue weighted by molar-refractivity contribution is 0.417. The summed E-state index contributed by atoms with van der Waals surface area (Å²) in [5, 5.41) is 7.13. The first-order valence-corrected chi connectivity index (χ1v) is 5.24. The van der Waals surface area contributed by atoms with Gasteiger partial charge in [0, 0.05) is 12.5 Å². The van der Waals surface area contributed by atoms with Crippen LogP contribution in [0.3, 0.4) is 0 Å². The average molecular weight is 195 g/mol. The molecule has 0 saturated heterocycles. The minimum atomic E-state index is 0.544. The molecule has 1 aromatic rings. The van der Waals surface area contributed by atoms with Crippen LogP contribution in [0.25, 0.3) is 0 Å². The third-order valence-electron chi connectivity index (χ3n) is 2.48. The number of nitrogens with one attached hydrogen (secondary N) is 1. The second-order valence-electron chi connectivity index (χ2n) is 4.58. The summed E-state index contributed by atoms with van der Waals surface area (Å²) < 4.78 is 5.09. The van der Waals surface area contributed by atoms with Gasteiger partial charge < -0.3 is 9.84 Å². The molecule has 0 aromatic carbocycles. The molecule has 78 valence electrons. The Morgan fingerprint density at radius 2 is 2.29 bits per heavy atom. The molecular formula is C10H17N3O. The summed E-state index contributed by atoms with van der Waals surface area (Å²) in [6.07, 6.45) is 2.09. The molecule has 2 rings (SSSR count). The normalized spacial score (nSPS) is 25.4. The number of nitrogens with zero attached hydrogens (tertiary/aromatic N) is 2. The summed E-state index contributed by atoms with van der Waals surface area (Å²) in [5.74, 6) is 2.12. The van der Waals surface area contributed by atoms with Gasteiger partial charge in [-0.25, -0.2) is 0 Å². The lowest BCUT2D eigenvalue weighted by atomic mass is 10.1. The fourth-order valence-electron chi connectivity index (χ4n) is 1.44. The van der Waals surface area contributed by atoms with Crippen molar-refractivity contribution in [1.82, 2.24) is 10.1 Å². The number of aromatic nitrogens is 2. The molecule has 14 heavy (non-hydrogen) atoms. The Balaban J connectivity index is 1.89. The van der Waals surface area contributed by atoms with E-state index in [2.05, 4.69) is 36.2 Å². The van der Waals surface area contributed by atoms with Gasteiger partial charge in [-0.1, -0.05) is 25.9 Å². The van der Waals surface area contributed by atoms with E-state index in [-0.39, 0.29) is 0 Å². The molecule has 0 radical (unpaired) electrons. The predicted molar refractivity (Wildman–Crippen MR) is 54.0 cm³/mol. The summed E-state index contributed by atoms with van der Waals surface area (Å²) in [6.45, 7) is 6.50. The molecule has 0 bridgehead atoms. The van der Waals surface area contributed by atoms with Crippen molar-refractivity contribution in [2.45, 2.75) is 39.7 Å². The number of hydrogen-bond donors (Lipinski definition) is 1. The molecule has 1 fully saturated rings. The third-order valence-corrected chi connectivity index (χ3v) is 2.48. The van der Waals surface area contributed by atoms with Gasteiger partial charge in [0.1, 0.15) is 0 Å². The Bertz CT molecular complexity index is 308. The molecule has 1 aliphatic rings. The first-order chi connectivity index (χ1) is 6.65. The largest absolute Gasteiger partial charge is 0.335 e. The summed E-state index contributed by atoms with van der Waals surface area (Å²) in [7, 11) is 0. The van der Waals surface area contributed by atoms with E-state index in [9.17, 15) is 0 Å². The molecule has 0 aliphatic heterocycles. The van der Waals surface area contributed by atoms with Gasteiger partial charge in [0.25, 0.3) is 0 Å². The van der Waals surface area contributed by atoms with E-state index in [4.69, 9.17) is 4.52 Å². The number of hydrogen-bond acceptors (Lipinski definition) is 4. The van der Waals surface area contributed by atoms with E-state index in [1.165, 1.54) is 6.42 Å². The maximum atomic E-state index is 5.09. The highest BCUT2D eigenvalue weighted by molar-refractivity contribution is 5.24. The zero-order valence-corrected chi connectivity index (χ0v) is 8.95. The Kier molecular flexibility index (Phi) is 2.44. The second kappa shape index (κ2) is 3.59. The zero-order valence-electron chi connectivity index (χ0n) is 8.95. The van der Waals surface area contributed by atoms with Gasteiger partial charge in [0.2, 0.25) is 0 Å². The SMILES string of the molecule is CC(C)Cc1noc(NC2CC2C)n1. The van der Waals surface area contributed by atoms with E-state index in [1.807, 2.05) is 0 Å². The lowest BCUT2D eigenvalue weighted by Gasteiger charge is -1.97. The number of rotatable bonds is 4. The van der Waals surface area contributed by atoms with Gasteiger partial charge in [-0.2, -0.15) is 4.98 Å². The minimum Gasteiger partial charge on any atom is -0.335 e. The van der Waals surface area contributed by atoms with Crippen LogP contribution in [-0.2, 0) is 6.42 Å². The highest BCUT2D eigenvalue weighted by Crippen LogP contribution is 2.32. The van der Waals surface area contributed by atoms with Crippen molar-refractivity contribution in [3.05, 3.63) is 5.82 Å². The van der Waals surface area contributed by atoms with Crippen molar-refractivity contribution < 1.29 is 4.52 Å². The molecule has 2 unspecified atom stereocenters. The molecular weight excluding hydrogens is 178 g/mol. The van der Waals surface area contributed by atoms with E-state index in [0.717, 1.165) is 18.2 Å². The van der Waals surface area contributed by atoms with Gasteiger partial charge in [-0.05, 0) is 18.3 Å². The van der Waals surface area contributed by atoms with Crippen molar-refractivity contribution in [3.8, 4) is 0 Å². The molecule has 4 nitrogen and oxygen atoms in total. The van der Waals surface area contributed by atoms with Crippen LogP contribution in [-0.4, -0.2) is 16.2 Å². The maximum absolute atomic E-state index is 5.09. The van der Waals surface area contributed by atoms with Crippen LogP contribution >= 0.6 is 0 Å². The maximum Gasteiger partial charge on any atom is 0.321 e. The van der Waals surface area contributed by atoms with Crippen LogP contribution in [0.1, 0.15) is 33.0 Å². The van der Waals surface area contributed by atoms with Gasteiger partial charge in [-0.15, -0.1) is 0 Å². The Labute approximate surface area is 84.1 Å². The molecule has 2 atom stereocenters. The van der Waals surface area contributed by atoms with Gasteiger partial charge in [0.05, 0.1) is 0 Å². The van der Waals surface area contributed by atoms with E-state index >= 15 is 0 Å². The first kappa shape index (κ1) is 9.49. The van der Waals surface area contributed by atoms with Crippen LogP contribution in [0, 0.1) is 11.8 Å². The Morgan fingerprint density at radius 3 is 2.86 bits per heavy atom. The summed E-state index contributed by atoms with van der Waals surface area (Å²) in [6, 6.07) is 1.12. The molecule has 0 spiro atoms. The highest BCUT2D eigenvalue weighted by Gasteiger charge is 2.33. The van der Waals surface area contributed by atoms with E-state index in [1.54, 1.807) is 0 Å². The van der Waals surface area contributed by atoms with Crippen molar-refractivity contribution in [1.29, 1.82) is 0 Å².